The van der Waals surface area contributed by atoms with E-state index in [4.69, 9.17) is 4.74 Å². The smallest absolute Gasteiger partial charge is 0.324 e. The Morgan fingerprint density at radius 1 is 1.62 bits per heavy atom. The Morgan fingerprint density at radius 2 is 2.38 bits per heavy atom. The molecular weight excluding hydrogens is 286 g/mol. The molecule has 0 N–H and O–H groups in total. The first-order chi connectivity index (χ1) is 9.89. The van der Waals surface area contributed by atoms with Crippen LogP contribution in [0.25, 0.3) is 6.20 Å². The quantitative estimate of drug-likeness (QED) is 0.798. The molecule has 0 spiro atoms. The van der Waals surface area contributed by atoms with Crippen molar-refractivity contribution in [3.05, 3.63) is 24.5 Å². The average Bonchev–Trinajstić information content (AvgIpc) is 2.85. The summed E-state index contributed by atoms with van der Waals surface area (Å²) in [4.78, 5) is 14.5. The van der Waals surface area contributed by atoms with E-state index < -0.39 is 5.60 Å². The molecule has 1 aromatic heterocycles. The third-order valence-electron chi connectivity index (χ3n) is 3.15. The summed E-state index contributed by atoms with van der Waals surface area (Å²) in [6, 6.07) is -0.185. The van der Waals surface area contributed by atoms with Crippen molar-refractivity contribution in [1.29, 1.82) is 0 Å². The molecule has 6 heteroatoms. The second kappa shape index (κ2) is 6.66. The molecule has 0 aromatic carbocycles. The van der Waals surface area contributed by atoms with E-state index in [9.17, 15) is 4.79 Å². The SMILES string of the molecule is C=Cn1cc(CN2CCSC[C@H]2C(=O)OC(C)(C)C)cn1. The Hall–Kier alpha value is -1.27. The molecule has 1 fully saturated rings. The number of nitrogens with zero attached hydrogens (tertiary/aromatic N) is 3. The van der Waals surface area contributed by atoms with Crippen LogP contribution in [-0.2, 0) is 16.1 Å². The standard InChI is InChI=1S/C15H23N3O2S/c1-5-18-10-12(8-16-18)9-17-6-7-21-11-13(17)14(19)20-15(2,3)4/h5,8,10,13H,1,6-7,9,11H2,2-4H3/t13-/m0/s1. The Kier molecular flexibility index (Phi) is 5.11. The Balaban J connectivity index is 2.04. The van der Waals surface area contributed by atoms with Gasteiger partial charge in [-0.15, -0.1) is 0 Å². The van der Waals surface area contributed by atoms with Gasteiger partial charge in [0.2, 0.25) is 0 Å². The van der Waals surface area contributed by atoms with E-state index in [1.165, 1.54) is 0 Å². The lowest BCUT2D eigenvalue weighted by Crippen LogP contribution is -2.49. The number of aromatic nitrogens is 2. The number of thioether (sulfide) groups is 1. The van der Waals surface area contributed by atoms with Crippen molar-refractivity contribution in [2.24, 2.45) is 0 Å². The summed E-state index contributed by atoms with van der Waals surface area (Å²) in [6.07, 6.45) is 5.40. The first-order valence-corrected chi connectivity index (χ1v) is 8.25. The van der Waals surface area contributed by atoms with Gasteiger partial charge in [-0.2, -0.15) is 16.9 Å². The fourth-order valence-electron chi connectivity index (χ4n) is 2.21. The van der Waals surface area contributed by atoms with Crippen molar-refractivity contribution in [2.75, 3.05) is 18.1 Å². The van der Waals surface area contributed by atoms with Gasteiger partial charge in [-0.25, -0.2) is 4.68 Å². The third kappa shape index (κ3) is 4.61. The molecule has 2 rings (SSSR count). The zero-order valence-corrected chi connectivity index (χ0v) is 13.7. The number of carbonyl (C=O) groups excluding carboxylic acids is 1. The van der Waals surface area contributed by atoms with Crippen LogP contribution >= 0.6 is 11.8 Å². The van der Waals surface area contributed by atoms with Crippen LogP contribution in [0.2, 0.25) is 0 Å². The molecule has 1 saturated heterocycles. The first kappa shape index (κ1) is 16.1. The molecule has 0 saturated carbocycles. The highest BCUT2D eigenvalue weighted by molar-refractivity contribution is 7.99. The van der Waals surface area contributed by atoms with E-state index in [-0.39, 0.29) is 12.0 Å². The lowest BCUT2D eigenvalue weighted by molar-refractivity contribution is -0.160. The minimum Gasteiger partial charge on any atom is -0.459 e. The summed E-state index contributed by atoms with van der Waals surface area (Å²) in [7, 11) is 0. The van der Waals surface area contributed by atoms with Gasteiger partial charge in [0, 0.05) is 42.6 Å². The zero-order valence-electron chi connectivity index (χ0n) is 12.9. The molecule has 2 heterocycles. The van der Waals surface area contributed by atoms with Crippen LogP contribution in [-0.4, -0.2) is 50.3 Å². The number of ether oxygens (including phenoxy) is 1. The van der Waals surface area contributed by atoms with E-state index in [1.807, 2.05) is 33.2 Å². The molecule has 0 bridgehead atoms. The molecule has 5 nitrogen and oxygen atoms in total. The third-order valence-corrected chi connectivity index (χ3v) is 4.17. The second-order valence-electron chi connectivity index (χ2n) is 6.11. The van der Waals surface area contributed by atoms with Crippen LogP contribution in [0, 0.1) is 0 Å². The van der Waals surface area contributed by atoms with Crippen LogP contribution in [0.4, 0.5) is 0 Å². The van der Waals surface area contributed by atoms with Gasteiger partial charge in [-0.1, -0.05) is 6.58 Å². The van der Waals surface area contributed by atoms with Gasteiger partial charge in [0.05, 0.1) is 6.20 Å². The Labute approximate surface area is 130 Å². The molecule has 0 aliphatic carbocycles. The van der Waals surface area contributed by atoms with Crippen molar-refractivity contribution in [3.8, 4) is 0 Å². The average molecular weight is 309 g/mol. The molecular formula is C15H23N3O2S. The van der Waals surface area contributed by atoms with E-state index in [0.29, 0.717) is 6.54 Å². The molecule has 1 aliphatic rings. The highest BCUT2D eigenvalue weighted by Gasteiger charge is 2.32. The lowest BCUT2D eigenvalue weighted by atomic mass is 10.2. The van der Waals surface area contributed by atoms with Gasteiger partial charge < -0.3 is 4.74 Å². The van der Waals surface area contributed by atoms with Crippen molar-refractivity contribution in [1.82, 2.24) is 14.7 Å². The van der Waals surface area contributed by atoms with Gasteiger partial charge in [0.25, 0.3) is 0 Å². The molecule has 1 aliphatic heterocycles. The molecule has 1 atom stereocenters. The number of rotatable bonds is 4. The summed E-state index contributed by atoms with van der Waals surface area (Å²) in [5, 5.41) is 4.18. The van der Waals surface area contributed by atoms with Crippen molar-refractivity contribution in [3.63, 3.8) is 0 Å². The normalized spacial score (nSPS) is 20.2. The van der Waals surface area contributed by atoms with Crippen LogP contribution in [0.15, 0.2) is 19.0 Å². The van der Waals surface area contributed by atoms with Crippen molar-refractivity contribution < 1.29 is 9.53 Å². The fraction of sp³-hybridized carbons (Fsp3) is 0.600. The molecule has 0 amide bonds. The first-order valence-electron chi connectivity index (χ1n) is 7.09. The summed E-state index contributed by atoms with van der Waals surface area (Å²) < 4.78 is 7.22. The summed E-state index contributed by atoms with van der Waals surface area (Å²) in [6.45, 7) is 11.0. The van der Waals surface area contributed by atoms with Crippen molar-refractivity contribution >= 4 is 23.9 Å². The van der Waals surface area contributed by atoms with Gasteiger partial charge in [-0.3, -0.25) is 9.69 Å². The summed E-state index contributed by atoms with van der Waals surface area (Å²) in [5.41, 5.74) is 0.633. The molecule has 116 valence electrons. The minimum absolute atomic E-state index is 0.134. The van der Waals surface area contributed by atoms with Gasteiger partial charge in [0.1, 0.15) is 11.6 Å². The number of hydrogen-bond acceptors (Lipinski definition) is 5. The lowest BCUT2D eigenvalue weighted by Gasteiger charge is -2.35. The maximum absolute atomic E-state index is 12.4. The highest BCUT2D eigenvalue weighted by atomic mass is 32.2. The largest absolute Gasteiger partial charge is 0.459 e. The summed E-state index contributed by atoms with van der Waals surface area (Å²) >= 11 is 1.80. The summed E-state index contributed by atoms with van der Waals surface area (Å²) in [5.74, 6) is 1.69. The van der Waals surface area contributed by atoms with Crippen LogP contribution in [0.5, 0.6) is 0 Å². The predicted octanol–water partition coefficient (Wildman–Crippen LogP) is 2.24. The number of hydrogen-bond donors (Lipinski definition) is 0. The number of carbonyl (C=O) groups is 1. The van der Waals surface area contributed by atoms with Crippen molar-refractivity contribution in [2.45, 2.75) is 39.0 Å². The van der Waals surface area contributed by atoms with E-state index in [2.05, 4.69) is 16.6 Å². The molecule has 0 unspecified atom stereocenters. The molecule has 1 aromatic rings. The Bertz CT molecular complexity index is 507. The van der Waals surface area contributed by atoms with E-state index in [1.54, 1.807) is 22.6 Å². The monoisotopic (exact) mass is 309 g/mol. The molecule has 0 radical (unpaired) electrons. The maximum Gasteiger partial charge on any atom is 0.324 e. The van der Waals surface area contributed by atoms with Crippen LogP contribution < -0.4 is 0 Å². The second-order valence-corrected chi connectivity index (χ2v) is 7.26. The van der Waals surface area contributed by atoms with Gasteiger partial charge in [0.15, 0.2) is 0 Å². The molecule has 21 heavy (non-hydrogen) atoms. The van der Waals surface area contributed by atoms with Crippen LogP contribution in [0.3, 0.4) is 0 Å². The fourth-order valence-corrected chi connectivity index (χ4v) is 3.31. The van der Waals surface area contributed by atoms with Gasteiger partial charge in [-0.05, 0) is 20.8 Å². The number of esters is 1. The topological polar surface area (TPSA) is 47.4 Å². The predicted molar refractivity (Wildman–Crippen MR) is 86.0 cm³/mol. The zero-order chi connectivity index (χ0) is 15.5. The van der Waals surface area contributed by atoms with E-state index in [0.717, 1.165) is 23.6 Å². The van der Waals surface area contributed by atoms with E-state index >= 15 is 0 Å². The van der Waals surface area contributed by atoms with Crippen LogP contribution in [0.1, 0.15) is 26.3 Å². The minimum atomic E-state index is -0.446. The Morgan fingerprint density at radius 3 is 3.00 bits per heavy atom. The van der Waals surface area contributed by atoms with Gasteiger partial charge >= 0.3 is 5.97 Å². The maximum atomic E-state index is 12.4. The highest BCUT2D eigenvalue weighted by Crippen LogP contribution is 2.22.